The zero-order valence-electron chi connectivity index (χ0n) is 10.1. The monoisotopic (exact) mass is 320 g/mol. The summed E-state index contributed by atoms with van der Waals surface area (Å²) in [5.74, 6) is 0.331. The lowest BCUT2D eigenvalue weighted by atomic mass is 10.3. The second-order valence-electron chi connectivity index (χ2n) is 4.13. The second-order valence-corrected chi connectivity index (χ2v) is 4.99. The summed E-state index contributed by atoms with van der Waals surface area (Å²) < 4.78 is 21.4. The maximum Gasteiger partial charge on any atom is 0.163 e. The molecule has 19 heavy (non-hydrogen) atoms. The van der Waals surface area contributed by atoms with Crippen LogP contribution in [-0.4, -0.2) is 9.78 Å². The van der Waals surface area contributed by atoms with Crippen molar-refractivity contribution in [2.45, 2.75) is 6.92 Å². The first kappa shape index (κ1) is 12.2. The third-order valence-electron chi connectivity index (χ3n) is 2.82. The lowest BCUT2D eigenvalue weighted by molar-refractivity contribution is 0.577. The van der Waals surface area contributed by atoms with Crippen LogP contribution in [0.15, 0.2) is 51.6 Å². The molecule has 0 N–H and O–H groups in total. The number of rotatable bonds is 2. The minimum Gasteiger partial charge on any atom is -0.463 e. The van der Waals surface area contributed by atoms with Gasteiger partial charge in [0.25, 0.3) is 0 Å². The van der Waals surface area contributed by atoms with Crippen molar-refractivity contribution < 1.29 is 8.81 Å². The van der Waals surface area contributed by atoms with Crippen LogP contribution in [-0.2, 0) is 0 Å². The topological polar surface area (TPSA) is 31.0 Å². The molecule has 0 saturated carbocycles. The van der Waals surface area contributed by atoms with E-state index in [2.05, 4.69) is 21.0 Å². The number of hydrogen-bond donors (Lipinski definition) is 0. The Balaban J connectivity index is 2.14. The number of benzene rings is 1. The fourth-order valence-electron chi connectivity index (χ4n) is 1.92. The van der Waals surface area contributed by atoms with E-state index >= 15 is 0 Å². The average molecular weight is 321 g/mol. The standard InChI is InChI=1S/C14H10BrFN2O/c1-9-8-11(13-6-3-7-19-13)17-18(9)12-5-2-4-10(15)14(12)16/h2-8H,1H3. The molecule has 0 fully saturated rings. The second kappa shape index (κ2) is 4.66. The molecule has 3 nitrogen and oxygen atoms in total. The van der Waals surface area contributed by atoms with Gasteiger partial charge in [-0.2, -0.15) is 5.10 Å². The summed E-state index contributed by atoms with van der Waals surface area (Å²) in [7, 11) is 0. The molecule has 0 amide bonds. The first-order valence-electron chi connectivity index (χ1n) is 5.72. The highest BCUT2D eigenvalue weighted by Gasteiger charge is 2.14. The Morgan fingerprint density at radius 3 is 2.84 bits per heavy atom. The fourth-order valence-corrected chi connectivity index (χ4v) is 2.27. The summed E-state index contributed by atoms with van der Waals surface area (Å²) in [5.41, 5.74) is 1.93. The summed E-state index contributed by atoms with van der Waals surface area (Å²) >= 11 is 3.18. The number of furan rings is 1. The quantitative estimate of drug-likeness (QED) is 0.703. The molecular weight excluding hydrogens is 311 g/mol. The zero-order chi connectivity index (χ0) is 13.4. The molecular formula is C14H10BrFN2O. The molecule has 0 unspecified atom stereocenters. The summed E-state index contributed by atoms with van der Waals surface area (Å²) in [4.78, 5) is 0. The van der Waals surface area contributed by atoms with E-state index in [4.69, 9.17) is 4.42 Å². The van der Waals surface area contributed by atoms with Crippen LogP contribution in [0.25, 0.3) is 17.1 Å². The SMILES string of the molecule is Cc1cc(-c2ccco2)nn1-c1cccc(Br)c1F. The predicted molar refractivity (Wildman–Crippen MR) is 73.7 cm³/mol. The van der Waals surface area contributed by atoms with Crippen LogP contribution in [0.3, 0.4) is 0 Å². The van der Waals surface area contributed by atoms with E-state index in [0.29, 0.717) is 21.6 Å². The van der Waals surface area contributed by atoms with Gasteiger partial charge in [0.15, 0.2) is 11.6 Å². The summed E-state index contributed by atoms with van der Waals surface area (Å²) in [5, 5.41) is 4.39. The highest BCUT2D eigenvalue weighted by Crippen LogP contribution is 2.25. The van der Waals surface area contributed by atoms with E-state index in [1.54, 1.807) is 35.2 Å². The number of nitrogens with zero attached hydrogens (tertiary/aromatic N) is 2. The van der Waals surface area contributed by atoms with Crippen molar-refractivity contribution in [3.63, 3.8) is 0 Å². The molecule has 0 radical (unpaired) electrons. The van der Waals surface area contributed by atoms with Crippen LogP contribution in [0.1, 0.15) is 5.69 Å². The molecule has 1 aromatic carbocycles. The van der Waals surface area contributed by atoms with E-state index in [1.807, 2.05) is 19.1 Å². The van der Waals surface area contributed by atoms with Gasteiger partial charge in [-0.25, -0.2) is 9.07 Å². The van der Waals surface area contributed by atoms with Crippen LogP contribution < -0.4 is 0 Å². The maximum atomic E-state index is 14.1. The largest absolute Gasteiger partial charge is 0.463 e. The smallest absolute Gasteiger partial charge is 0.163 e. The Kier molecular flexibility index (Phi) is 2.98. The molecule has 0 aliphatic rings. The summed E-state index contributed by atoms with van der Waals surface area (Å²) in [6, 6.07) is 10.6. The van der Waals surface area contributed by atoms with Crippen LogP contribution in [0.2, 0.25) is 0 Å². The normalized spacial score (nSPS) is 10.9. The summed E-state index contributed by atoms with van der Waals surface area (Å²) in [6.07, 6.45) is 1.59. The van der Waals surface area contributed by atoms with E-state index in [0.717, 1.165) is 5.69 Å². The Morgan fingerprint density at radius 2 is 2.11 bits per heavy atom. The first-order valence-corrected chi connectivity index (χ1v) is 6.51. The van der Waals surface area contributed by atoms with E-state index in [9.17, 15) is 4.39 Å². The molecule has 0 atom stereocenters. The van der Waals surface area contributed by atoms with Crippen LogP contribution >= 0.6 is 15.9 Å². The molecule has 0 aliphatic heterocycles. The molecule has 0 aliphatic carbocycles. The molecule has 2 heterocycles. The van der Waals surface area contributed by atoms with Gasteiger partial charge in [-0.05, 0) is 53.2 Å². The highest BCUT2D eigenvalue weighted by atomic mass is 79.9. The van der Waals surface area contributed by atoms with Crippen molar-refractivity contribution in [3.8, 4) is 17.1 Å². The molecule has 5 heteroatoms. The molecule has 3 aromatic rings. The van der Waals surface area contributed by atoms with E-state index in [1.165, 1.54) is 0 Å². The van der Waals surface area contributed by atoms with Crippen molar-refractivity contribution >= 4 is 15.9 Å². The average Bonchev–Trinajstić information content (AvgIpc) is 3.02. The number of halogens is 2. The van der Waals surface area contributed by atoms with Crippen molar-refractivity contribution in [3.05, 3.63) is 58.6 Å². The highest BCUT2D eigenvalue weighted by molar-refractivity contribution is 9.10. The van der Waals surface area contributed by atoms with E-state index in [-0.39, 0.29) is 5.82 Å². The predicted octanol–water partition coefficient (Wildman–Crippen LogP) is 4.34. The van der Waals surface area contributed by atoms with Gasteiger partial charge in [0.2, 0.25) is 0 Å². The Hall–Kier alpha value is -1.88. The zero-order valence-corrected chi connectivity index (χ0v) is 11.7. The van der Waals surface area contributed by atoms with Crippen molar-refractivity contribution in [2.75, 3.05) is 0 Å². The molecule has 0 bridgehead atoms. The van der Waals surface area contributed by atoms with Crippen LogP contribution in [0, 0.1) is 12.7 Å². The third kappa shape index (κ3) is 2.10. The lowest BCUT2D eigenvalue weighted by Crippen LogP contribution is -2.02. The summed E-state index contributed by atoms with van der Waals surface area (Å²) in [6.45, 7) is 1.87. The third-order valence-corrected chi connectivity index (χ3v) is 3.43. The Bertz CT molecular complexity index is 719. The number of hydrogen-bond acceptors (Lipinski definition) is 2. The fraction of sp³-hybridized carbons (Fsp3) is 0.0714. The van der Waals surface area contributed by atoms with Gasteiger partial charge in [-0.1, -0.05) is 6.07 Å². The van der Waals surface area contributed by atoms with Gasteiger partial charge in [-0.15, -0.1) is 0 Å². The molecule has 3 rings (SSSR count). The molecule has 96 valence electrons. The minimum atomic E-state index is -0.334. The van der Waals surface area contributed by atoms with Gasteiger partial charge < -0.3 is 4.42 Å². The number of aryl methyl sites for hydroxylation is 1. The number of aromatic nitrogens is 2. The molecule has 2 aromatic heterocycles. The van der Waals surface area contributed by atoms with Gasteiger partial charge in [-0.3, -0.25) is 0 Å². The Labute approximate surface area is 117 Å². The van der Waals surface area contributed by atoms with Gasteiger partial charge in [0.05, 0.1) is 10.7 Å². The van der Waals surface area contributed by atoms with Gasteiger partial charge >= 0.3 is 0 Å². The van der Waals surface area contributed by atoms with Gasteiger partial charge in [0, 0.05) is 5.69 Å². The van der Waals surface area contributed by atoms with Gasteiger partial charge in [0.1, 0.15) is 11.4 Å². The van der Waals surface area contributed by atoms with Crippen molar-refractivity contribution in [1.82, 2.24) is 9.78 Å². The lowest BCUT2D eigenvalue weighted by Gasteiger charge is -2.06. The molecule has 0 saturated heterocycles. The Morgan fingerprint density at radius 1 is 1.26 bits per heavy atom. The van der Waals surface area contributed by atoms with Crippen molar-refractivity contribution in [1.29, 1.82) is 0 Å². The minimum absolute atomic E-state index is 0.334. The maximum absolute atomic E-state index is 14.1. The molecule has 0 spiro atoms. The van der Waals surface area contributed by atoms with Crippen LogP contribution in [0.4, 0.5) is 4.39 Å². The van der Waals surface area contributed by atoms with E-state index < -0.39 is 0 Å². The first-order chi connectivity index (χ1) is 9.16. The van der Waals surface area contributed by atoms with Crippen LogP contribution in [0.5, 0.6) is 0 Å². The van der Waals surface area contributed by atoms with Crippen molar-refractivity contribution in [2.24, 2.45) is 0 Å².